The van der Waals surface area contributed by atoms with Crippen LogP contribution in [-0.2, 0) is 11.3 Å². The molecule has 1 aliphatic rings. The summed E-state index contributed by atoms with van der Waals surface area (Å²) in [6.07, 6.45) is 0.271. The predicted molar refractivity (Wildman–Crippen MR) is 100 cm³/mol. The minimum atomic E-state index is -0.618. The standard InChI is InChI=1S/C19H20ClN3O3/c20-15-6-13(18(24)23-17-8-14(17)10-21)7-16(9-15)22-19(25)26-11-12-4-2-1-3-5-12/h1-7,9,14,17H,8,10-11,21H2,(H,22,25)(H,23,24)/t14-,17+/m1/s1. The van der Waals surface area contributed by atoms with E-state index in [9.17, 15) is 9.59 Å². The van der Waals surface area contributed by atoms with Crippen LogP contribution in [0.5, 0.6) is 0 Å². The molecule has 4 N–H and O–H groups in total. The van der Waals surface area contributed by atoms with Crippen LogP contribution >= 0.6 is 11.6 Å². The highest BCUT2D eigenvalue weighted by molar-refractivity contribution is 6.31. The molecule has 1 saturated carbocycles. The van der Waals surface area contributed by atoms with E-state index < -0.39 is 6.09 Å². The Bertz CT molecular complexity index is 798. The maximum atomic E-state index is 12.3. The van der Waals surface area contributed by atoms with Gasteiger partial charge in [-0.05, 0) is 42.6 Å². The molecule has 2 aromatic rings. The Kier molecular flexibility index (Phi) is 5.75. The average molecular weight is 374 g/mol. The van der Waals surface area contributed by atoms with E-state index in [1.54, 1.807) is 18.2 Å². The second kappa shape index (κ2) is 8.21. The van der Waals surface area contributed by atoms with Gasteiger partial charge in [-0.25, -0.2) is 4.79 Å². The van der Waals surface area contributed by atoms with Crippen LogP contribution in [0.25, 0.3) is 0 Å². The Balaban J connectivity index is 1.58. The van der Waals surface area contributed by atoms with Gasteiger partial charge in [-0.1, -0.05) is 41.9 Å². The Morgan fingerprint density at radius 2 is 1.96 bits per heavy atom. The summed E-state index contributed by atoms with van der Waals surface area (Å²) in [6, 6.07) is 14.1. The lowest BCUT2D eigenvalue weighted by Crippen LogP contribution is -2.28. The van der Waals surface area contributed by atoms with Gasteiger partial charge in [0.15, 0.2) is 0 Å². The lowest BCUT2D eigenvalue weighted by atomic mass is 10.2. The van der Waals surface area contributed by atoms with Crippen LogP contribution in [0.3, 0.4) is 0 Å². The molecule has 0 heterocycles. The first-order valence-corrected chi connectivity index (χ1v) is 8.72. The zero-order chi connectivity index (χ0) is 18.5. The lowest BCUT2D eigenvalue weighted by Gasteiger charge is -2.10. The SMILES string of the molecule is NC[C@H]1C[C@@H]1NC(=O)c1cc(Cl)cc(NC(=O)OCc2ccccc2)c1. The molecule has 2 aromatic carbocycles. The molecule has 136 valence electrons. The fourth-order valence-corrected chi connectivity index (χ4v) is 2.84. The molecule has 0 aliphatic heterocycles. The molecule has 2 atom stereocenters. The molecule has 0 unspecified atom stereocenters. The van der Waals surface area contributed by atoms with Crippen LogP contribution in [0.4, 0.5) is 10.5 Å². The van der Waals surface area contributed by atoms with Crippen molar-refractivity contribution in [3.8, 4) is 0 Å². The van der Waals surface area contributed by atoms with E-state index in [0.29, 0.717) is 28.7 Å². The van der Waals surface area contributed by atoms with E-state index >= 15 is 0 Å². The van der Waals surface area contributed by atoms with Crippen molar-refractivity contribution in [3.63, 3.8) is 0 Å². The van der Waals surface area contributed by atoms with Gasteiger partial charge in [-0.3, -0.25) is 10.1 Å². The number of nitrogens with two attached hydrogens (primary N) is 1. The number of benzene rings is 2. The molecule has 0 spiro atoms. The summed E-state index contributed by atoms with van der Waals surface area (Å²) in [6.45, 7) is 0.712. The number of amides is 2. The smallest absolute Gasteiger partial charge is 0.411 e. The quantitative estimate of drug-likeness (QED) is 0.725. The third-order valence-electron chi connectivity index (χ3n) is 4.16. The predicted octanol–water partition coefficient (Wildman–Crippen LogP) is 3.17. The zero-order valence-electron chi connectivity index (χ0n) is 14.1. The summed E-state index contributed by atoms with van der Waals surface area (Å²) in [7, 11) is 0. The second-order valence-electron chi connectivity index (χ2n) is 6.23. The highest BCUT2D eigenvalue weighted by Crippen LogP contribution is 2.29. The van der Waals surface area contributed by atoms with Crippen LogP contribution in [0.15, 0.2) is 48.5 Å². The summed E-state index contributed by atoms with van der Waals surface area (Å²) in [4.78, 5) is 24.3. The number of halogens is 1. The molecular formula is C19H20ClN3O3. The highest BCUT2D eigenvalue weighted by atomic mass is 35.5. The molecule has 0 aromatic heterocycles. The van der Waals surface area contributed by atoms with Crippen LogP contribution in [0, 0.1) is 5.92 Å². The molecule has 0 bridgehead atoms. The van der Waals surface area contributed by atoms with Crippen molar-refractivity contribution in [3.05, 3.63) is 64.7 Å². The third kappa shape index (κ3) is 4.97. The van der Waals surface area contributed by atoms with Crippen molar-refractivity contribution in [1.29, 1.82) is 0 Å². The van der Waals surface area contributed by atoms with E-state index in [4.69, 9.17) is 22.1 Å². The topological polar surface area (TPSA) is 93.5 Å². The Labute approximate surface area is 156 Å². The first kappa shape index (κ1) is 18.2. The lowest BCUT2D eigenvalue weighted by molar-refractivity contribution is 0.0949. The van der Waals surface area contributed by atoms with E-state index in [2.05, 4.69) is 10.6 Å². The van der Waals surface area contributed by atoms with Gasteiger partial charge in [0.1, 0.15) is 6.61 Å². The summed E-state index contributed by atoms with van der Waals surface area (Å²) < 4.78 is 5.17. The number of carbonyl (C=O) groups excluding carboxylic acids is 2. The van der Waals surface area contributed by atoms with Crippen molar-refractivity contribution < 1.29 is 14.3 Å². The van der Waals surface area contributed by atoms with Gasteiger partial charge in [0.25, 0.3) is 5.91 Å². The average Bonchev–Trinajstić information content (AvgIpc) is 3.38. The molecule has 7 heteroatoms. The summed E-state index contributed by atoms with van der Waals surface area (Å²) in [5.74, 6) is 0.0952. The molecular weight excluding hydrogens is 354 g/mol. The Hall–Kier alpha value is -2.57. The number of carbonyl (C=O) groups is 2. The number of hydrogen-bond acceptors (Lipinski definition) is 4. The van der Waals surface area contributed by atoms with Crippen molar-refractivity contribution in [1.82, 2.24) is 5.32 Å². The molecule has 3 rings (SSSR count). The van der Waals surface area contributed by atoms with Crippen LogP contribution < -0.4 is 16.4 Å². The fourth-order valence-electron chi connectivity index (χ4n) is 2.61. The van der Waals surface area contributed by atoms with E-state index in [0.717, 1.165) is 12.0 Å². The van der Waals surface area contributed by atoms with Crippen molar-refractivity contribution in [2.24, 2.45) is 11.7 Å². The maximum Gasteiger partial charge on any atom is 0.411 e. The van der Waals surface area contributed by atoms with Crippen LogP contribution in [-0.4, -0.2) is 24.6 Å². The molecule has 26 heavy (non-hydrogen) atoms. The van der Waals surface area contributed by atoms with E-state index in [1.807, 2.05) is 30.3 Å². The fraction of sp³-hybridized carbons (Fsp3) is 0.263. The number of anilines is 1. The summed E-state index contributed by atoms with van der Waals surface area (Å²) in [5, 5.41) is 5.84. The van der Waals surface area contributed by atoms with Gasteiger partial charge >= 0.3 is 6.09 Å². The first-order valence-electron chi connectivity index (χ1n) is 8.34. The van der Waals surface area contributed by atoms with Crippen LogP contribution in [0.1, 0.15) is 22.3 Å². The highest BCUT2D eigenvalue weighted by Gasteiger charge is 2.37. The number of nitrogens with one attached hydrogen (secondary N) is 2. The first-order chi connectivity index (χ1) is 12.5. The third-order valence-corrected chi connectivity index (χ3v) is 4.38. The van der Waals surface area contributed by atoms with Crippen molar-refractivity contribution in [2.45, 2.75) is 19.1 Å². The Morgan fingerprint density at radius 1 is 1.19 bits per heavy atom. The van der Waals surface area contributed by atoms with Gasteiger partial charge in [0, 0.05) is 22.3 Å². The number of hydrogen-bond donors (Lipinski definition) is 3. The zero-order valence-corrected chi connectivity index (χ0v) is 14.8. The van der Waals surface area contributed by atoms with Gasteiger partial charge in [-0.15, -0.1) is 0 Å². The molecule has 6 nitrogen and oxygen atoms in total. The number of rotatable bonds is 6. The maximum absolute atomic E-state index is 12.3. The van der Waals surface area contributed by atoms with Gasteiger partial charge in [-0.2, -0.15) is 0 Å². The molecule has 0 saturated heterocycles. The van der Waals surface area contributed by atoms with Gasteiger partial charge in [0.2, 0.25) is 0 Å². The monoisotopic (exact) mass is 373 g/mol. The minimum Gasteiger partial charge on any atom is -0.444 e. The largest absolute Gasteiger partial charge is 0.444 e. The van der Waals surface area contributed by atoms with E-state index in [-0.39, 0.29) is 18.6 Å². The normalized spacial score (nSPS) is 18.1. The molecule has 2 amide bonds. The van der Waals surface area contributed by atoms with Crippen molar-refractivity contribution in [2.75, 3.05) is 11.9 Å². The van der Waals surface area contributed by atoms with Gasteiger partial charge < -0.3 is 15.8 Å². The van der Waals surface area contributed by atoms with Crippen LogP contribution in [0.2, 0.25) is 5.02 Å². The van der Waals surface area contributed by atoms with Crippen molar-refractivity contribution >= 4 is 29.3 Å². The van der Waals surface area contributed by atoms with E-state index in [1.165, 1.54) is 0 Å². The molecule has 1 fully saturated rings. The Morgan fingerprint density at radius 3 is 2.65 bits per heavy atom. The molecule has 0 radical (unpaired) electrons. The number of ether oxygens (including phenoxy) is 1. The van der Waals surface area contributed by atoms with Gasteiger partial charge in [0.05, 0.1) is 0 Å². The minimum absolute atomic E-state index is 0.110. The second-order valence-corrected chi connectivity index (χ2v) is 6.66. The summed E-state index contributed by atoms with van der Waals surface area (Å²) >= 11 is 6.07. The summed E-state index contributed by atoms with van der Waals surface area (Å²) in [5.41, 5.74) is 7.23. The molecule has 1 aliphatic carbocycles.